The van der Waals surface area contributed by atoms with Gasteiger partial charge in [-0.3, -0.25) is 9.59 Å². The summed E-state index contributed by atoms with van der Waals surface area (Å²) >= 11 is 0. The van der Waals surface area contributed by atoms with Gasteiger partial charge < -0.3 is 21.7 Å². The van der Waals surface area contributed by atoms with Gasteiger partial charge in [0.25, 0.3) is 5.91 Å². The third-order valence-electron chi connectivity index (χ3n) is 6.37. The maximum atomic E-state index is 14.9. The molecule has 40 heavy (non-hydrogen) atoms. The molecule has 1 aliphatic carbocycles. The first-order chi connectivity index (χ1) is 19.0. The molecule has 5 N–H and O–H groups in total. The average molecular weight is 553 g/mol. The van der Waals surface area contributed by atoms with Crippen LogP contribution in [0.2, 0.25) is 0 Å². The molecular weight excluding hydrogens is 524 g/mol. The highest BCUT2D eigenvalue weighted by molar-refractivity contribution is 6.06. The van der Waals surface area contributed by atoms with Crippen molar-refractivity contribution in [2.75, 3.05) is 17.2 Å². The van der Waals surface area contributed by atoms with E-state index >= 15 is 0 Å². The molecule has 1 atom stereocenters. The normalized spacial score (nSPS) is 14.3. The number of anilines is 2. The van der Waals surface area contributed by atoms with E-state index in [0.29, 0.717) is 17.6 Å². The van der Waals surface area contributed by atoms with Gasteiger partial charge in [0.15, 0.2) is 0 Å². The summed E-state index contributed by atoms with van der Waals surface area (Å²) in [7, 11) is 0. The summed E-state index contributed by atoms with van der Waals surface area (Å²) in [6.07, 6.45) is -2.04. The molecule has 6 nitrogen and oxygen atoms in total. The molecule has 3 aromatic rings. The largest absolute Gasteiger partial charge is 0.415 e. The molecule has 0 bridgehead atoms. The lowest BCUT2D eigenvalue weighted by Gasteiger charge is -2.21. The highest BCUT2D eigenvalue weighted by atomic mass is 19.4. The summed E-state index contributed by atoms with van der Waals surface area (Å²) in [5.41, 5.74) is 4.98. The minimum Gasteiger partial charge on any atom is -0.366 e. The molecule has 1 saturated carbocycles. The Hall–Kier alpha value is -4.44. The molecule has 0 heterocycles. The Morgan fingerprint density at radius 1 is 0.975 bits per heavy atom. The van der Waals surface area contributed by atoms with Crippen molar-refractivity contribution >= 4 is 23.2 Å². The first kappa shape index (κ1) is 28.6. The van der Waals surface area contributed by atoms with Crippen LogP contribution in [-0.2, 0) is 4.79 Å². The Balaban J connectivity index is 1.63. The summed E-state index contributed by atoms with van der Waals surface area (Å²) < 4.78 is 54.7. The number of benzene rings is 3. The van der Waals surface area contributed by atoms with E-state index in [4.69, 9.17) is 5.73 Å². The van der Waals surface area contributed by atoms with E-state index in [2.05, 4.69) is 22.5 Å². The number of carbonyl (C=O) groups is 2. The molecule has 3 aromatic carbocycles. The van der Waals surface area contributed by atoms with Gasteiger partial charge in [0, 0.05) is 11.3 Å². The van der Waals surface area contributed by atoms with Crippen LogP contribution < -0.4 is 21.7 Å². The minimum absolute atomic E-state index is 0.0730. The minimum atomic E-state index is -4.82. The zero-order valence-electron chi connectivity index (χ0n) is 21.4. The van der Waals surface area contributed by atoms with Crippen LogP contribution in [0.1, 0.15) is 40.4 Å². The van der Waals surface area contributed by atoms with Crippen LogP contribution in [-0.4, -0.2) is 24.5 Å². The lowest BCUT2D eigenvalue weighted by molar-refractivity contribution is -0.112. The topological polar surface area (TPSA) is 96.2 Å². The maximum absolute atomic E-state index is 14.9. The molecule has 1 unspecified atom stereocenters. The van der Waals surface area contributed by atoms with Gasteiger partial charge >= 0.3 is 6.18 Å². The fourth-order valence-corrected chi connectivity index (χ4v) is 4.01. The smallest absolute Gasteiger partial charge is 0.366 e. The van der Waals surface area contributed by atoms with Crippen LogP contribution >= 0.6 is 0 Å². The standard InChI is InChI=1S/C30H28F4N4O2/c1-18(30(32,33)34)14-26(37-23-9-5-8-22(15-23)28(35)39)29(40)38-25-16-21(12-13-24(25)31)27(36-17-19-10-11-19)20-6-3-2-4-7-20/h2-9,12-16,19,27,36-37H,1,10-11,17H2,(H2,35,39)(H,38,40)/b26-14-. The molecule has 0 aliphatic heterocycles. The monoisotopic (exact) mass is 552 g/mol. The van der Waals surface area contributed by atoms with E-state index in [0.717, 1.165) is 24.9 Å². The SMILES string of the molecule is C=C(/C=C(\Nc1cccc(C(N)=O)c1)C(=O)Nc1cc(C(NCC2CC2)c2ccccc2)ccc1F)C(F)(F)F. The number of primary amides is 1. The van der Waals surface area contributed by atoms with Crippen molar-refractivity contribution in [3.8, 4) is 0 Å². The fourth-order valence-electron chi connectivity index (χ4n) is 4.01. The molecule has 0 radical (unpaired) electrons. The van der Waals surface area contributed by atoms with E-state index < -0.39 is 35.1 Å². The average Bonchev–Trinajstić information content (AvgIpc) is 3.75. The third-order valence-corrected chi connectivity index (χ3v) is 6.37. The summed E-state index contributed by atoms with van der Waals surface area (Å²) in [4.78, 5) is 24.7. The Bertz CT molecular complexity index is 1430. The van der Waals surface area contributed by atoms with E-state index in [1.807, 2.05) is 30.3 Å². The Labute approximate surface area is 229 Å². The maximum Gasteiger partial charge on any atom is 0.415 e. The number of halogens is 4. The summed E-state index contributed by atoms with van der Waals surface area (Å²) in [6, 6.07) is 19.0. The van der Waals surface area contributed by atoms with E-state index in [9.17, 15) is 27.2 Å². The molecular formula is C30H28F4N4O2. The van der Waals surface area contributed by atoms with Crippen LogP contribution in [0.3, 0.4) is 0 Å². The molecule has 2 amide bonds. The molecule has 0 saturated heterocycles. The summed E-state index contributed by atoms with van der Waals surface area (Å²) in [6.45, 7) is 3.76. The van der Waals surface area contributed by atoms with Crippen LogP contribution in [0.25, 0.3) is 0 Å². The van der Waals surface area contributed by atoms with Crippen molar-refractivity contribution in [2.45, 2.75) is 25.1 Å². The number of carbonyl (C=O) groups excluding carboxylic acids is 2. The first-order valence-electron chi connectivity index (χ1n) is 12.5. The van der Waals surface area contributed by atoms with Crippen molar-refractivity contribution in [3.63, 3.8) is 0 Å². The van der Waals surface area contributed by atoms with Gasteiger partial charge in [-0.15, -0.1) is 0 Å². The van der Waals surface area contributed by atoms with E-state index in [1.54, 1.807) is 6.07 Å². The van der Waals surface area contributed by atoms with Crippen molar-refractivity contribution < 1.29 is 27.2 Å². The van der Waals surface area contributed by atoms with E-state index in [-0.39, 0.29) is 23.0 Å². The Morgan fingerprint density at radius 2 is 1.70 bits per heavy atom. The van der Waals surface area contributed by atoms with Crippen LogP contribution in [0, 0.1) is 11.7 Å². The zero-order chi connectivity index (χ0) is 28.9. The molecule has 208 valence electrons. The highest BCUT2D eigenvalue weighted by Gasteiger charge is 2.31. The van der Waals surface area contributed by atoms with Crippen LogP contribution in [0.4, 0.5) is 28.9 Å². The molecule has 0 aromatic heterocycles. The van der Waals surface area contributed by atoms with Gasteiger partial charge in [0.1, 0.15) is 11.5 Å². The second kappa shape index (κ2) is 12.2. The number of nitrogens with two attached hydrogens (primary N) is 1. The predicted octanol–water partition coefficient (Wildman–Crippen LogP) is 6.07. The van der Waals surface area contributed by atoms with Crippen molar-refractivity contribution in [1.82, 2.24) is 5.32 Å². The van der Waals surface area contributed by atoms with Gasteiger partial charge in [-0.2, -0.15) is 13.2 Å². The third kappa shape index (κ3) is 7.57. The lowest BCUT2D eigenvalue weighted by Crippen LogP contribution is -2.25. The van der Waals surface area contributed by atoms with Gasteiger partial charge in [-0.25, -0.2) is 4.39 Å². The van der Waals surface area contributed by atoms with Gasteiger partial charge in [0.05, 0.1) is 17.3 Å². The number of amides is 2. The molecule has 0 spiro atoms. The Morgan fingerprint density at radius 3 is 2.35 bits per heavy atom. The molecule has 1 aliphatic rings. The number of nitrogens with one attached hydrogen (secondary N) is 3. The lowest BCUT2D eigenvalue weighted by atomic mass is 9.97. The number of rotatable bonds is 11. The molecule has 4 rings (SSSR count). The summed E-state index contributed by atoms with van der Waals surface area (Å²) in [5.74, 6) is -2.01. The summed E-state index contributed by atoms with van der Waals surface area (Å²) in [5, 5.41) is 8.44. The highest BCUT2D eigenvalue weighted by Crippen LogP contribution is 2.32. The number of alkyl halides is 3. The number of hydrogen-bond acceptors (Lipinski definition) is 4. The van der Waals surface area contributed by atoms with Gasteiger partial charge in [-0.05, 0) is 72.8 Å². The number of allylic oxidation sites excluding steroid dienone is 2. The second-order valence-electron chi connectivity index (χ2n) is 9.54. The second-order valence-corrected chi connectivity index (χ2v) is 9.54. The van der Waals surface area contributed by atoms with Crippen molar-refractivity contribution in [2.24, 2.45) is 11.7 Å². The zero-order valence-corrected chi connectivity index (χ0v) is 21.4. The first-order valence-corrected chi connectivity index (χ1v) is 12.5. The molecule has 10 heteroatoms. The molecule has 1 fully saturated rings. The van der Waals surface area contributed by atoms with Crippen molar-refractivity contribution in [3.05, 3.63) is 119 Å². The fraction of sp³-hybridized carbons (Fsp3) is 0.200. The number of hydrogen-bond donors (Lipinski definition) is 4. The van der Waals surface area contributed by atoms with Crippen LogP contribution in [0.5, 0.6) is 0 Å². The Kier molecular flexibility index (Phi) is 8.69. The van der Waals surface area contributed by atoms with Crippen LogP contribution in [0.15, 0.2) is 96.7 Å². The predicted molar refractivity (Wildman–Crippen MR) is 146 cm³/mol. The quantitative estimate of drug-likeness (QED) is 0.132. The van der Waals surface area contributed by atoms with E-state index in [1.165, 1.54) is 36.4 Å². The van der Waals surface area contributed by atoms with Crippen molar-refractivity contribution in [1.29, 1.82) is 0 Å². The van der Waals surface area contributed by atoms with Gasteiger partial charge in [-0.1, -0.05) is 49.0 Å². The van der Waals surface area contributed by atoms with Gasteiger partial charge in [0.2, 0.25) is 5.91 Å².